The van der Waals surface area contributed by atoms with Gasteiger partial charge in [-0.2, -0.15) is 0 Å². The molecule has 12 heavy (non-hydrogen) atoms. The van der Waals surface area contributed by atoms with E-state index in [4.69, 9.17) is 4.74 Å². The molecule has 0 aromatic heterocycles. The van der Waals surface area contributed by atoms with Crippen LogP contribution < -0.4 is 5.32 Å². The largest absolute Gasteiger partial charge is 0.378 e. The van der Waals surface area contributed by atoms with Gasteiger partial charge in [-0.15, -0.1) is 0 Å². The molecule has 0 bridgehead atoms. The Bertz CT molecular complexity index is 152. The molecule has 0 unspecified atom stereocenters. The third-order valence-corrected chi connectivity index (χ3v) is 1.86. The van der Waals surface area contributed by atoms with Crippen molar-refractivity contribution in [2.45, 2.75) is 6.92 Å². The van der Waals surface area contributed by atoms with Gasteiger partial charge in [0.1, 0.15) is 0 Å². The summed E-state index contributed by atoms with van der Waals surface area (Å²) in [6, 6.07) is 0. The third kappa shape index (κ3) is 2.37. The zero-order valence-corrected chi connectivity index (χ0v) is 7.84. The number of rotatable bonds is 1. The molecule has 1 fully saturated rings. The first-order valence-corrected chi connectivity index (χ1v) is 4.41. The van der Waals surface area contributed by atoms with Crippen LogP contribution in [0, 0.1) is 0 Å². The van der Waals surface area contributed by atoms with Crippen LogP contribution in [0.1, 0.15) is 6.92 Å². The van der Waals surface area contributed by atoms with Crippen molar-refractivity contribution in [2.75, 3.05) is 39.9 Å². The van der Waals surface area contributed by atoms with Crippen LogP contribution in [0.5, 0.6) is 0 Å². The van der Waals surface area contributed by atoms with Crippen molar-refractivity contribution in [3.05, 3.63) is 0 Å². The van der Waals surface area contributed by atoms with Crippen LogP contribution in [0.25, 0.3) is 0 Å². The Morgan fingerprint density at radius 3 is 2.67 bits per heavy atom. The minimum atomic E-state index is 0.810. The molecule has 0 atom stereocenters. The monoisotopic (exact) mass is 171 g/mol. The Balaban J connectivity index is 2.41. The fourth-order valence-corrected chi connectivity index (χ4v) is 1.27. The number of guanidine groups is 1. The van der Waals surface area contributed by atoms with Crippen LogP contribution in [-0.2, 0) is 4.74 Å². The SMILES string of the molecule is CCNC(=NC)N1CCOCC1. The van der Waals surface area contributed by atoms with Gasteiger partial charge in [-0.3, -0.25) is 4.99 Å². The molecule has 70 valence electrons. The number of ether oxygens (including phenoxy) is 1. The summed E-state index contributed by atoms with van der Waals surface area (Å²) in [7, 11) is 1.81. The third-order valence-electron chi connectivity index (χ3n) is 1.86. The molecule has 0 saturated carbocycles. The molecule has 0 aromatic carbocycles. The lowest BCUT2D eigenvalue weighted by molar-refractivity contribution is 0.0665. The lowest BCUT2D eigenvalue weighted by Gasteiger charge is -2.29. The summed E-state index contributed by atoms with van der Waals surface area (Å²) in [5.41, 5.74) is 0. The van der Waals surface area contributed by atoms with Crippen molar-refractivity contribution in [3.8, 4) is 0 Å². The summed E-state index contributed by atoms with van der Waals surface area (Å²) in [5.74, 6) is 0.987. The highest BCUT2D eigenvalue weighted by atomic mass is 16.5. The Kier molecular flexibility index (Phi) is 3.87. The second-order valence-corrected chi connectivity index (χ2v) is 2.68. The molecule has 0 spiro atoms. The lowest BCUT2D eigenvalue weighted by Crippen LogP contribution is -2.47. The smallest absolute Gasteiger partial charge is 0.193 e. The summed E-state index contributed by atoms with van der Waals surface area (Å²) < 4.78 is 5.25. The second kappa shape index (κ2) is 4.98. The molecular formula is C8H17N3O. The maximum absolute atomic E-state index is 5.25. The number of nitrogens with one attached hydrogen (secondary N) is 1. The summed E-state index contributed by atoms with van der Waals surface area (Å²) in [6.45, 7) is 6.50. The average molecular weight is 171 g/mol. The van der Waals surface area contributed by atoms with E-state index in [1.165, 1.54) is 0 Å². The van der Waals surface area contributed by atoms with Gasteiger partial charge in [0.15, 0.2) is 5.96 Å². The van der Waals surface area contributed by atoms with Crippen molar-refractivity contribution in [1.29, 1.82) is 0 Å². The van der Waals surface area contributed by atoms with E-state index in [0.717, 1.165) is 38.8 Å². The molecule has 4 heteroatoms. The molecule has 0 amide bonds. The van der Waals surface area contributed by atoms with Crippen LogP contribution >= 0.6 is 0 Å². The van der Waals surface area contributed by atoms with Crippen molar-refractivity contribution in [3.63, 3.8) is 0 Å². The van der Waals surface area contributed by atoms with Crippen molar-refractivity contribution < 1.29 is 4.74 Å². The van der Waals surface area contributed by atoms with Gasteiger partial charge in [0.25, 0.3) is 0 Å². The highest BCUT2D eigenvalue weighted by Gasteiger charge is 2.12. The van der Waals surface area contributed by atoms with Gasteiger partial charge in [0.05, 0.1) is 13.2 Å². The summed E-state index contributed by atoms with van der Waals surface area (Å²) >= 11 is 0. The van der Waals surface area contributed by atoms with Gasteiger partial charge < -0.3 is 15.0 Å². The fraction of sp³-hybridized carbons (Fsp3) is 0.875. The van der Waals surface area contributed by atoms with Crippen LogP contribution in [0.2, 0.25) is 0 Å². The minimum Gasteiger partial charge on any atom is -0.378 e. The Morgan fingerprint density at radius 2 is 2.17 bits per heavy atom. The van der Waals surface area contributed by atoms with Crippen molar-refractivity contribution >= 4 is 5.96 Å². The molecular weight excluding hydrogens is 154 g/mol. The van der Waals surface area contributed by atoms with Gasteiger partial charge in [-0.25, -0.2) is 0 Å². The number of aliphatic imine (C=N–C) groups is 1. The van der Waals surface area contributed by atoms with Crippen molar-refractivity contribution in [1.82, 2.24) is 10.2 Å². The molecule has 0 aromatic rings. The Morgan fingerprint density at radius 1 is 1.50 bits per heavy atom. The topological polar surface area (TPSA) is 36.9 Å². The van der Waals surface area contributed by atoms with Gasteiger partial charge in [-0.05, 0) is 6.92 Å². The molecule has 1 heterocycles. The van der Waals surface area contributed by atoms with E-state index in [0.29, 0.717) is 0 Å². The number of hydrogen-bond acceptors (Lipinski definition) is 2. The maximum Gasteiger partial charge on any atom is 0.193 e. The molecule has 1 rings (SSSR count). The number of nitrogens with zero attached hydrogens (tertiary/aromatic N) is 2. The second-order valence-electron chi connectivity index (χ2n) is 2.68. The van der Waals surface area contributed by atoms with E-state index in [9.17, 15) is 0 Å². The summed E-state index contributed by atoms with van der Waals surface area (Å²) in [5, 5.41) is 3.22. The van der Waals surface area contributed by atoms with Crippen molar-refractivity contribution in [2.24, 2.45) is 4.99 Å². The van der Waals surface area contributed by atoms with E-state index >= 15 is 0 Å². The zero-order valence-electron chi connectivity index (χ0n) is 7.84. The first-order chi connectivity index (χ1) is 5.88. The van der Waals surface area contributed by atoms with Gasteiger partial charge in [0.2, 0.25) is 0 Å². The zero-order chi connectivity index (χ0) is 8.81. The molecule has 1 aliphatic rings. The lowest BCUT2D eigenvalue weighted by atomic mass is 10.4. The molecule has 0 aliphatic carbocycles. The highest BCUT2D eigenvalue weighted by Crippen LogP contribution is 1.96. The van der Waals surface area contributed by atoms with E-state index in [-0.39, 0.29) is 0 Å². The van der Waals surface area contributed by atoms with E-state index in [2.05, 4.69) is 22.1 Å². The Hall–Kier alpha value is -0.770. The highest BCUT2D eigenvalue weighted by molar-refractivity contribution is 5.79. The molecule has 0 radical (unpaired) electrons. The first-order valence-electron chi connectivity index (χ1n) is 4.41. The molecule has 1 saturated heterocycles. The van der Waals surface area contributed by atoms with Crippen LogP contribution in [0.3, 0.4) is 0 Å². The molecule has 4 nitrogen and oxygen atoms in total. The van der Waals surface area contributed by atoms with Crippen LogP contribution in [0.4, 0.5) is 0 Å². The van der Waals surface area contributed by atoms with Gasteiger partial charge in [-0.1, -0.05) is 0 Å². The van der Waals surface area contributed by atoms with E-state index in [1.54, 1.807) is 0 Å². The summed E-state index contributed by atoms with van der Waals surface area (Å²) in [6.07, 6.45) is 0. The van der Waals surface area contributed by atoms with E-state index < -0.39 is 0 Å². The predicted molar refractivity (Wildman–Crippen MR) is 49.4 cm³/mol. The van der Waals surface area contributed by atoms with Crippen LogP contribution in [0.15, 0.2) is 4.99 Å². The van der Waals surface area contributed by atoms with Gasteiger partial charge in [0, 0.05) is 26.7 Å². The normalized spacial score (nSPS) is 19.5. The van der Waals surface area contributed by atoms with E-state index in [1.807, 2.05) is 7.05 Å². The Labute approximate surface area is 73.6 Å². The molecule has 1 aliphatic heterocycles. The number of hydrogen-bond donors (Lipinski definition) is 1. The number of morpholine rings is 1. The fourth-order valence-electron chi connectivity index (χ4n) is 1.27. The summed E-state index contributed by atoms with van der Waals surface area (Å²) in [4.78, 5) is 6.39. The molecule has 1 N–H and O–H groups in total. The predicted octanol–water partition coefficient (Wildman–Crippen LogP) is -0.0861. The first kappa shape index (κ1) is 9.32. The standard InChI is InChI=1S/C8H17N3O/c1-3-10-8(9-2)11-4-6-12-7-5-11/h3-7H2,1-2H3,(H,9,10). The van der Waals surface area contributed by atoms with Gasteiger partial charge >= 0.3 is 0 Å². The quantitative estimate of drug-likeness (QED) is 0.442. The minimum absolute atomic E-state index is 0.810. The maximum atomic E-state index is 5.25. The van der Waals surface area contributed by atoms with Crippen LogP contribution in [-0.4, -0.2) is 50.8 Å². The average Bonchev–Trinajstić information content (AvgIpc) is 2.15.